The van der Waals surface area contributed by atoms with E-state index in [2.05, 4.69) is 70.0 Å². The second-order valence-electron chi connectivity index (χ2n) is 5.34. The first-order valence-corrected chi connectivity index (χ1v) is 9.52. The normalized spacial score (nSPS) is 17.9. The minimum Gasteiger partial charge on any atom is -0.370 e. The van der Waals surface area contributed by atoms with Gasteiger partial charge in [0.15, 0.2) is 0 Å². The van der Waals surface area contributed by atoms with E-state index in [4.69, 9.17) is 0 Å². The summed E-state index contributed by atoms with van der Waals surface area (Å²) in [6.07, 6.45) is 2.46. The van der Waals surface area contributed by atoms with Gasteiger partial charge in [0, 0.05) is 29.4 Å². The van der Waals surface area contributed by atoms with Gasteiger partial charge in [-0.25, -0.2) is 0 Å². The lowest BCUT2D eigenvalue weighted by Crippen LogP contribution is -2.26. The molecule has 1 aliphatic rings. The van der Waals surface area contributed by atoms with Gasteiger partial charge >= 0.3 is 0 Å². The molecule has 0 spiro atoms. The summed E-state index contributed by atoms with van der Waals surface area (Å²) in [6, 6.07) is 7.24. The van der Waals surface area contributed by atoms with Gasteiger partial charge in [0.05, 0.1) is 5.69 Å². The van der Waals surface area contributed by atoms with Gasteiger partial charge in [-0.2, -0.15) is 11.8 Å². The van der Waals surface area contributed by atoms with Gasteiger partial charge in [0.2, 0.25) is 0 Å². The maximum atomic E-state index is 3.77. The van der Waals surface area contributed by atoms with Crippen LogP contribution in [0.3, 0.4) is 0 Å². The molecular weight excluding hydrogens is 332 g/mol. The van der Waals surface area contributed by atoms with Crippen molar-refractivity contribution < 1.29 is 0 Å². The average molecular weight is 357 g/mol. The van der Waals surface area contributed by atoms with Gasteiger partial charge in [0.1, 0.15) is 0 Å². The van der Waals surface area contributed by atoms with Crippen LogP contribution in [0.2, 0.25) is 0 Å². The summed E-state index contributed by atoms with van der Waals surface area (Å²) in [4.78, 5) is 2.51. The number of hydrogen-bond acceptors (Lipinski definition) is 3. The fourth-order valence-electron chi connectivity index (χ4n) is 2.51. The third-order valence-corrected chi connectivity index (χ3v) is 5.42. The Morgan fingerprint density at radius 2 is 2.20 bits per heavy atom. The van der Waals surface area contributed by atoms with E-state index in [0.717, 1.165) is 13.1 Å². The number of hydrogen-bond donors (Lipinski definition) is 1. The molecule has 0 amide bonds. The Morgan fingerprint density at radius 1 is 1.35 bits per heavy atom. The number of nitrogens with one attached hydrogen (secondary N) is 1. The predicted molar refractivity (Wildman–Crippen MR) is 95.0 cm³/mol. The summed E-state index contributed by atoms with van der Waals surface area (Å²) in [5.74, 6) is 2.53. The summed E-state index contributed by atoms with van der Waals surface area (Å²) >= 11 is 5.84. The van der Waals surface area contributed by atoms with Crippen LogP contribution >= 0.6 is 27.7 Å². The SMILES string of the molecule is CCCNC(C)c1ccc(N2CCCSCC2)c(Br)c1. The topological polar surface area (TPSA) is 15.3 Å². The molecule has 1 aromatic rings. The van der Waals surface area contributed by atoms with Crippen LogP contribution in [0.5, 0.6) is 0 Å². The molecule has 2 nitrogen and oxygen atoms in total. The minimum absolute atomic E-state index is 0.417. The largest absolute Gasteiger partial charge is 0.370 e. The zero-order valence-corrected chi connectivity index (χ0v) is 14.9. The van der Waals surface area contributed by atoms with Crippen LogP contribution in [0.1, 0.15) is 38.3 Å². The van der Waals surface area contributed by atoms with Crippen molar-refractivity contribution in [1.29, 1.82) is 0 Å². The van der Waals surface area contributed by atoms with Gasteiger partial charge in [-0.05, 0) is 65.7 Å². The zero-order valence-electron chi connectivity index (χ0n) is 12.5. The highest BCUT2D eigenvalue weighted by atomic mass is 79.9. The molecule has 20 heavy (non-hydrogen) atoms. The van der Waals surface area contributed by atoms with Crippen molar-refractivity contribution >= 4 is 33.4 Å². The van der Waals surface area contributed by atoms with Crippen LogP contribution in [0.25, 0.3) is 0 Å². The Labute approximate surface area is 135 Å². The lowest BCUT2D eigenvalue weighted by molar-refractivity contribution is 0.570. The number of halogens is 1. The van der Waals surface area contributed by atoms with Gasteiger partial charge in [-0.1, -0.05) is 13.0 Å². The summed E-state index contributed by atoms with van der Waals surface area (Å²) in [5.41, 5.74) is 2.71. The molecule has 1 aromatic carbocycles. The third-order valence-electron chi connectivity index (χ3n) is 3.74. The van der Waals surface area contributed by atoms with Crippen LogP contribution in [0.15, 0.2) is 22.7 Å². The molecule has 2 rings (SSSR count). The van der Waals surface area contributed by atoms with E-state index >= 15 is 0 Å². The minimum atomic E-state index is 0.417. The molecule has 0 bridgehead atoms. The Balaban J connectivity index is 2.08. The molecule has 1 heterocycles. The Hall–Kier alpha value is -0.190. The van der Waals surface area contributed by atoms with Crippen LogP contribution in [-0.2, 0) is 0 Å². The van der Waals surface area contributed by atoms with Gasteiger partial charge in [-0.15, -0.1) is 0 Å². The molecular formula is C16H25BrN2S. The molecule has 1 atom stereocenters. The second kappa shape index (κ2) is 8.30. The highest BCUT2D eigenvalue weighted by Crippen LogP contribution is 2.30. The van der Waals surface area contributed by atoms with Crippen LogP contribution in [0.4, 0.5) is 5.69 Å². The summed E-state index contributed by atoms with van der Waals surface area (Å²) in [7, 11) is 0. The second-order valence-corrected chi connectivity index (χ2v) is 7.42. The Morgan fingerprint density at radius 3 is 2.95 bits per heavy atom. The third kappa shape index (κ3) is 4.40. The molecule has 0 saturated carbocycles. The maximum absolute atomic E-state index is 3.77. The standard InChI is InChI=1S/C16H25BrN2S/c1-3-7-18-13(2)14-5-6-16(15(17)12-14)19-8-4-10-20-11-9-19/h5-6,12-13,18H,3-4,7-11H2,1-2H3. The molecule has 0 radical (unpaired) electrons. The van der Waals surface area contributed by atoms with E-state index in [0.29, 0.717) is 6.04 Å². The van der Waals surface area contributed by atoms with Crippen molar-refractivity contribution in [3.8, 4) is 0 Å². The monoisotopic (exact) mass is 356 g/mol. The fraction of sp³-hybridized carbons (Fsp3) is 0.625. The van der Waals surface area contributed by atoms with Crippen molar-refractivity contribution in [2.24, 2.45) is 0 Å². The molecule has 1 fully saturated rings. The first kappa shape index (κ1) is 16.2. The van der Waals surface area contributed by atoms with E-state index in [1.807, 2.05) is 0 Å². The van der Waals surface area contributed by atoms with Crippen molar-refractivity contribution in [2.75, 3.05) is 36.0 Å². The van der Waals surface area contributed by atoms with E-state index in [-0.39, 0.29) is 0 Å². The fourth-order valence-corrected chi connectivity index (χ4v) is 4.05. The highest BCUT2D eigenvalue weighted by molar-refractivity contribution is 9.10. The van der Waals surface area contributed by atoms with Crippen LogP contribution < -0.4 is 10.2 Å². The van der Waals surface area contributed by atoms with Crippen molar-refractivity contribution in [2.45, 2.75) is 32.7 Å². The molecule has 1 aliphatic heterocycles. The number of thioether (sulfide) groups is 1. The van der Waals surface area contributed by atoms with E-state index < -0.39 is 0 Å². The molecule has 0 aliphatic carbocycles. The molecule has 4 heteroatoms. The number of anilines is 1. The van der Waals surface area contributed by atoms with Gasteiger partial charge < -0.3 is 10.2 Å². The number of benzene rings is 1. The smallest absolute Gasteiger partial charge is 0.0511 e. The lowest BCUT2D eigenvalue weighted by atomic mass is 10.1. The highest BCUT2D eigenvalue weighted by Gasteiger charge is 2.14. The quantitative estimate of drug-likeness (QED) is 0.838. The molecule has 1 N–H and O–H groups in total. The summed E-state index contributed by atoms with van der Waals surface area (Å²) in [5, 5.41) is 3.55. The molecule has 1 saturated heterocycles. The maximum Gasteiger partial charge on any atom is 0.0511 e. The first-order chi connectivity index (χ1) is 9.72. The molecule has 0 aromatic heterocycles. The Bertz CT molecular complexity index is 417. The van der Waals surface area contributed by atoms with Crippen LogP contribution in [-0.4, -0.2) is 31.1 Å². The van der Waals surface area contributed by atoms with E-state index in [1.165, 1.54) is 46.6 Å². The molecule has 1 unspecified atom stereocenters. The van der Waals surface area contributed by atoms with Crippen LogP contribution in [0, 0.1) is 0 Å². The van der Waals surface area contributed by atoms with Crippen molar-refractivity contribution in [3.05, 3.63) is 28.2 Å². The number of rotatable bonds is 5. The van der Waals surface area contributed by atoms with Gasteiger partial charge in [-0.3, -0.25) is 0 Å². The van der Waals surface area contributed by atoms with Crippen molar-refractivity contribution in [3.63, 3.8) is 0 Å². The van der Waals surface area contributed by atoms with E-state index in [1.54, 1.807) is 0 Å². The number of nitrogens with zero attached hydrogens (tertiary/aromatic N) is 1. The van der Waals surface area contributed by atoms with Gasteiger partial charge in [0.25, 0.3) is 0 Å². The summed E-state index contributed by atoms with van der Waals surface area (Å²) < 4.78 is 1.23. The average Bonchev–Trinajstić information content (AvgIpc) is 2.73. The van der Waals surface area contributed by atoms with Crippen molar-refractivity contribution in [1.82, 2.24) is 5.32 Å². The van der Waals surface area contributed by atoms with E-state index in [9.17, 15) is 0 Å². The lowest BCUT2D eigenvalue weighted by Gasteiger charge is -2.25. The zero-order chi connectivity index (χ0) is 14.4. The Kier molecular flexibility index (Phi) is 6.72. The predicted octanol–water partition coefficient (Wildman–Crippen LogP) is 4.45. The first-order valence-electron chi connectivity index (χ1n) is 7.58. The molecule has 112 valence electrons. The summed E-state index contributed by atoms with van der Waals surface area (Å²) in [6.45, 7) is 7.85.